The highest BCUT2D eigenvalue weighted by Crippen LogP contribution is 2.31. The number of anilines is 1. The maximum Gasteiger partial charge on any atom is 0.430 e. The largest absolute Gasteiger partial charge is 0.430 e. The molecule has 0 fully saturated rings. The summed E-state index contributed by atoms with van der Waals surface area (Å²) in [5.41, 5.74) is 0.250. The summed E-state index contributed by atoms with van der Waals surface area (Å²) in [6.45, 7) is 0. The molecule has 2 aromatic heterocycles. The van der Waals surface area contributed by atoms with Crippen LogP contribution in [0.1, 0.15) is 0 Å². The van der Waals surface area contributed by atoms with E-state index in [-0.39, 0.29) is 17.2 Å². The van der Waals surface area contributed by atoms with E-state index in [2.05, 4.69) is 9.97 Å². The normalized spacial score (nSPS) is 10.2. The number of hydrogen-bond acceptors (Lipinski definition) is 8. The Labute approximate surface area is 193 Å². The number of hydrogen-bond donors (Lipinski definition) is 0. The van der Waals surface area contributed by atoms with Gasteiger partial charge < -0.3 is 9.47 Å². The standard InChI is InChI=1S/C24H16N4O6/c29-23(33-18-7-3-1-4-8-18)27(24(30)34-19-9-5-2-6-10-19)22-21(28(31)32)12-11-20(26-22)17-13-15-25-16-14-17/h1-16H. The second-order valence-corrected chi connectivity index (χ2v) is 6.73. The highest BCUT2D eigenvalue weighted by atomic mass is 16.6. The third kappa shape index (κ3) is 5.02. The zero-order chi connectivity index (χ0) is 23.9. The van der Waals surface area contributed by atoms with Crippen molar-refractivity contribution < 1.29 is 24.0 Å². The third-order valence-corrected chi connectivity index (χ3v) is 4.50. The van der Waals surface area contributed by atoms with Crippen LogP contribution in [0.3, 0.4) is 0 Å². The van der Waals surface area contributed by atoms with Gasteiger partial charge in [-0.3, -0.25) is 15.1 Å². The van der Waals surface area contributed by atoms with Gasteiger partial charge in [-0.2, -0.15) is 4.90 Å². The quantitative estimate of drug-likeness (QED) is 0.294. The zero-order valence-corrected chi connectivity index (χ0v) is 17.5. The Morgan fingerprint density at radius 3 is 1.79 bits per heavy atom. The second-order valence-electron chi connectivity index (χ2n) is 6.73. The summed E-state index contributed by atoms with van der Waals surface area (Å²) in [5.74, 6) is -0.308. The van der Waals surface area contributed by atoms with E-state index in [0.29, 0.717) is 10.5 Å². The van der Waals surface area contributed by atoms with E-state index in [4.69, 9.17) is 9.47 Å². The molecule has 2 heterocycles. The lowest BCUT2D eigenvalue weighted by atomic mass is 10.1. The van der Waals surface area contributed by atoms with Crippen molar-refractivity contribution in [3.63, 3.8) is 0 Å². The average Bonchev–Trinajstić information content (AvgIpc) is 2.86. The molecule has 2 amide bonds. The van der Waals surface area contributed by atoms with Crippen LogP contribution in [-0.2, 0) is 0 Å². The molecular weight excluding hydrogens is 440 g/mol. The van der Waals surface area contributed by atoms with E-state index in [1.165, 1.54) is 42.7 Å². The van der Waals surface area contributed by atoms with Crippen molar-refractivity contribution >= 4 is 23.7 Å². The van der Waals surface area contributed by atoms with E-state index in [0.717, 1.165) is 6.07 Å². The smallest absolute Gasteiger partial charge is 0.410 e. The Hall–Kier alpha value is -5.12. The van der Waals surface area contributed by atoms with Crippen LogP contribution in [0, 0.1) is 10.1 Å². The fourth-order valence-corrected chi connectivity index (χ4v) is 2.95. The molecular formula is C24H16N4O6. The number of imide groups is 1. The van der Waals surface area contributed by atoms with Crippen LogP contribution < -0.4 is 14.4 Å². The van der Waals surface area contributed by atoms with Crippen molar-refractivity contribution in [1.29, 1.82) is 0 Å². The zero-order valence-electron chi connectivity index (χ0n) is 17.5. The lowest BCUT2D eigenvalue weighted by Crippen LogP contribution is -2.42. The van der Waals surface area contributed by atoms with Crippen molar-refractivity contribution in [3.05, 3.63) is 107 Å². The lowest BCUT2D eigenvalue weighted by molar-refractivity contribution is -0.384. The number of pyridine rings is 2. The Bertz CT molecular complexity index is 1260. The molecule has 0 saturated carbocycles. The van der Waals surface area contributed by atoms with E-state index in [1.54, 1.807) is 48.5 Å². The van der Waals surface area contributed by atoms with Gasteiger partial charge in [0, 0.05) is 24.0 Å². The van der Waals surface area contributed by atoms with Gasteiger partial charge in [0.05, 0.1) is 10.6 Å². The number of ether oxygens (including phenoxy) is 2. The number of rotatable bonds is 5. The van der Waals surface area contributed by atoms with Crippen molar-refractivity contribution in [2.24, 2.45) is 0 Å². The predicted octanol–water partition coefficient (Wildman–Crippen LogP) is 5.26. The summed E-state index contributed by atoms with van der Waals surface area (Å²) in [5, 5.41) is 11.8. The molecule has 0 radical (unpaired) electrons. The fourth-order valence-electron chi connectivity index (χ4n) is 2.95. The number of carbonyl (C=O) groups is 2. The molecule has 0 aliphatic heterocycles. The maximum absolute atomic E-state index is 13.1. The first-order valence-electron chi connectivity index (χ1n) is 9.92. The molecule has 0 unspecified atom stereocenters. The van der Waals surface area contributed by atoms with Crippen molar-refractivity contribution in [1.82, 2.24) is 9.97 Å². The van der Waals surface area contributed by atoms with Gasteiger partial charge in [0.1, 0.15) is 11.5 Å². The van der Waals surface area contributed by atoms with Crippen molar-refractivity contribution in [3.8, 4) is 22.8 Å². The molecule has 10 heteroatoms. The van der Waals surface area contributed by atoms with Gasteiger partial charge in [-0.25, -0.2) is 14.6 Å². The number of aromatic nitrogens is 2. The number of para-hydroxylation sites is 2. The van der Waals surface area contributed by atoms with Crippen LogP contribution in [0.4, 0.5) is 21.1 Å². The van der Waals surface area contributed by atoms with Gasteiger partial charge in [0.2, 0.25) is 5.82 Å². The Morgan fingerprint density at radius 1 is 0.765 bits per heavy atom. The number of nitrogens with zero attached hydrogens (tertiary/aromatic N) is 4. The first-order valence-corrected chi connectivity index (χ1v) is 9.92. The highest BCUT2D eigenvalue weighted by molar-refractivity contribution is 6.11. The number of nitro groups is 1. The number of carbonyl (C=O) groups excluding carboxylic acids is 2. The minimum Gasteiger partial charge on any atom is -0.410 e. The van der Waals surface area contributed by atoms with E-state index < -0.39 is 28.6 Å². The minimum atomic E-state index is -1.23. The first kappa shape index (κ1) is 22.1. The summed E-state index contributed by atoms with van der Waals surface area (Å²) in [6, 6.07) is 21.7. The second kappa shape index (κ2) is 10.0. The molecule has 0 aliphatic rings. The molecule has 168 valence electrons. The van der Waals surface area contributed by atoms with Crippen LogP contribution in [0.25, 0.3) is 11.3 Å². The topological polar surface area (TPSA) is 125 Å². The SMILES string of the molecule is O=C(Oc1ccccc1)N(C(=O)Oc1ccccc1)c1nc(-c2ccncc2)ccc1[N+](=O)[O-]. The Balaban J connectivity index is 1.80. The summed E-state index contributed by atoms with van der Waals surface area (Å²) in [6.07, 6.45) is 0.580. The van der Waals surface area contributed by atoms with E-state index >= 15 is 0 Å². The molecule has 0 atom stereocenters. The van der Waals surface area contributed by atoms with Gasteiger partial charge in [-0.15, -0.1) is 0 Å². The van der Waals surface area contributed by atoms with Crippen LogP contribution in [0.2, 0.25) is 0 Å². The lowest BCUT2D eigenvalue weighted by Gasteiger charge is -2.19. The maximum atomic E-state index is 13.1. The molecule has 0 spiro atoms. The summed E-state index contributed by atoms with van der Waals surface area (Å²) in [4.78, 5) is 45.8. The van der Waals surface area contributed by atoms with Crippen LogP contribution in [-0.4, -0.2) is 27.1 Å². The fraction of sp³-hybridized carbons (Fsp3) is 0. The molecule has 34 heavy (non-hydrogen) atoms. The van der Waals surface area contributed by atoms with E-state index in [9.17, 15) is 19.7 Å². The highest BCUT2D eigenvalue weighted by Gasteiger charge is 2.35. The molecule has 2 aromatic carbocycles. The van der Waals surface area contributed by atoms with Crippen molar-refractivity contribution in [2.45, 2.75) is 0 Å². The summed E-state index contributed by atoms with van der Waals surface area (Å²) < 4.78 is 10.6. The van der Waals surface area contributed by atoms with Crippen LogP contribution >= 0.6 is 0 Å². The first-order chi connectivity index (χ1) is 16.5. The van der Waals surface area contributed by atoms with Gasteiger partial charge in [0.15, 0.2) is 0 Å². The predicted molar refractivity (Wildman–Crippen MR) is 122 cm³/mol. The van der Waals surface area contributed by atoms with Gasteiger partial charge >= 0.3 is 17.9 Å². The molecule has 0 aliphatic carbocycles. The summed E-state index contributed by atoms with van der Waals surface area (Å²) in [7, 11) is 0. The molecule has 0 bridgehead atoms. The van der Waals surface area contributed by atoms with Crippen molar-refractivity contribution in [2.75, 3.05) is 4.90 Å². The summed E-state index contributed by atoms with van der Waals surface area (Å²) >= 11 is 0. The Kier molecular flexibility index (Phi) is 6.50. The van der Waals surface area contributed by atoms with Gasteiger partial charge in [-0.05, 0) is 42.5 Å². The third-order valence-electron chi connectivity index (χ3n) is 4.50. The van der Waals surface area contributed by atoms with E-state index in [1.807, 2.05) is 0 Å². The van der Waals surface area contributed by atoms with Crippen LogP contribution in [0.15, 0.2) is 97.3 Å². The average molecular weight is 456 g/mol. The minimum absolute atomic E-state index is 0.123. The molecule has 4 aromatic rings. The number of amides is 2. The molecule has 10 nitrogen and oxygen atoms in total. The van der Waals surface area contributed by atoms with Gasteiger partial charge in [-0.1, -0.05) is 36.4 Å². The molecule has 0 saturated heterocycles. The van der Waals surface area contributed by atoms with Crippen LogP contribution in [0.5, 0.6) is 11.5 Å². The Morgan fingerprint density at radius 2 is 1.29 bits per heavy atom. The number of benzene rings is 2. The molecule has 0 N–H and O–H groups in total. The van der Waals surface area contributed by atoms with Gasteiger partial charge in [0.25, 0.3) is 0 Å². The monoisotopic (exact) mass is 456 g/mol. The molecule has 4 rings (SSSR count).